The lowest BCUT2D eigenvalue weighted by molar-refractivity contribution is -0.144. The zero-order chi connectivity index (χ0) is 17.6. The number of hydrogen-bond acceptors (Lipinski definition) is 4. The molecule has 0 aliphatic rings. The highest BCUT2D eigenvalue weighted by atomic mass is 16.5. The molecule has 1 amide bonds. The van der Waals surface area contributed by atoms with Crippen molar-refractivity contribution in [3.8, 4) is 0 Å². The fourth-order valence-electron chi connectivity index (χ4n) is 2.38. The molecule has 0 saturated carbocycles. The lowest BCUT2D eigenvalue weighted by Crippen LogP contribution is -2.34. The summed E-state index contributed by atoms with van der Waals surface area (Å²) in [5, 5.41) is 0. The number of nitrogens with zero attached hydrogens (tertiary/aromatic N) is 1. The third kappa shape index (κ3) is 8.67. The summed E-state index contributed by atoms with van der Waals surface area (Å²) >= 11 is 0. The highest BCUT2D eigenvalue weighted by Gasteiger charge is 2.15. The van der Waals surface area contributed by atoms with E-state index in [2.05, 4.69) is 0 Å². The highest BCUT2D eigenvalue weighted by Crippen LogP contribution is 2.06. The number of aryl methyl sites for hydroxylation is 1. The van der Waals surface area contributed by atoms with E-state index in [0.29, 0.717) is 45.8 Å². The third-order valence-electron chi connectivity index (χ3n) is 3.64. The van der Waals surface area contributed by atoms with E-state index in [1.54, 1.807) is 11.8 Å². The van der Waals surface area contributed by atoms with Crippen LogP contribution in [0.1, 0.15) is 38.7 Å². The second-order valence-electron chi connectivity index (χ2n) is 5.47. The van der Waals surface area contributed by atoms with Crippen LogP contribution in [0.25, 0.3) is 0 Å². The van der Waals surface area contributed by atoms with E-state index in [4.69, 9.17) is 9.47 Å². The van der Waals surface area contributed by atoms with Crippen molar-refractivity contribution in [3.63, 3.8) is 0 Å². The Balaban J connectivity index is 2.47. The number of esters is 1. The average molecular weight is 335 g/mol. The average Bonchev–Trinajstić information content (AvgIpc) is 2.60. The summed E-state index contributed by atoms with van der Waals surface area (Å²) in [4.78, 5) is 25.8. The van der Waals surface area contributed by atoms with Crippen molar-refractivity contribution in [2.24, 2.45) is 0 Å². The maximum Gasteiger partial charge on any atom is 0.307 e. The number of carbonyl (C=O) groups excluding carboxylic acids is 2. The summed E-state index contributed by atoms with van der Waals surface area (Å²) in [6.07, 6.45) is 2.16. The van der Waals surface area contributed by atoms with Gasteiger partial charge in [0.05, 0.1) is 13.0 Å². The number of hydrogen-bond donors (Lipinski definition) is 0. The first kappa shape index (κ1) is 20.2. The Morgan fingerprint density at radius 1 is 1.00 bits per heavy atom. The van der Waals surface area contributed by atoms with Crippen LogP contribution in [0.4, 0.5) is 0 Å². The Morgan fingerprint density at radius 3 is 2.42 bits per heavy atom. The van der Waals surface area contributed by atoms with Gasteiger partial charge in [-0.1, -0.05) is 30.3 Å². The Bertz CT molecular complexity index is 476. The van der Waals surface area contributed by atoms with Crippen molar-refractivity contribution in [2.45, 2.75) is 39.5 Å². The van der Waals surface area contributed by atoms with Gasteiger partial charge in [0.2, 0.25) is 5.91 Å². The Hall–Kier alpha value is -1.88. The maximum absolute atomic E-state index is 12.5. The van der Waals surface area contributed by atoms with E-state index < -0.39 is 0 Å². The summed E-state index contributed by atoms with van der Waals surface area (Å²) in [6.45, 7) is 6.40. The van der Waals surface area contributed by atoms with Gasteiger partial charge in [-0.25, -0.2) is 0 Å². The van der Waals surface area contributed by atoms with Crippen LogP contribution in [-0.2, 0) is 25.5 Å². The molecule has 0 bridgehead atoms. The van der Waals surface area contributed by atoms with Gasteiger partial charge in [-0.2, -0.15) is 0 Å². The van der Waals surface area contributed by atoms with E-state index in [0.717, 1.165) is 12.0 Å². The van der Waals surface area contributed by atoms with Crippen molar-refractivity contribution in [3.05, 3.63) is 35.9 Å². The van der Waals surface area contributed by atoms with Crippen molar-refractivity contribution < 1.29 is 19.1 Å². The minimum absolute atomic E-state index is 0.0691. The molecular formula is C19H29NO4. The Morgan fingerprint density at radius 2 is 1.75 bits per heavy atom. The Labute approximate surface area is 144 Å². The van der Waals surface area contributed by atoms with Crippen molar-refractivity contribution >= 4 is 11.9 Å². The molecule has 1 aromatic rings. The van der Waals surface area contributed by atoms with Gasteiger partial charge in [0.15, 0.2) is 0 Å². The molecule has 5 nitrogen and oxygen atoms in total. The van der Waals surface area contributed by atoms with Gasteiger partial charge < -0.3 is 14.4 Å². The lowest BCUT2D eigenvalue weighted by Gasteiger charge is -2.22. The zero-order valence-corrected chi connectivity index (χ0v) is 14.8. The SMILES string of the molecule is CCOCCCN(CCC(=O)OCC)C(=O)CCc1ccccc1. The van der Waals surface area contributed by atoms with Crippen LogP contribution < -0.4 is 0 Å². The lowest BCUT2D eigenvalue weighted by atomic mass is 10.1. The van der Waals surface area contributed by atoms with Crippen LogP contribution in [0, 0.1) is 0 Å². The molecule has 0 fully saturated rings. The summed E-state index contributed by atoms with van der Waals surface area (Å²) < 4.78 is 10.3. The van der Waals surface area contributed by atoms with Gasteiger partial charge in [0, 0.05) is 32.7 Å². The van der Waals surface area contributed by atoms with E-state index in [9.17, 15) is 9.59 Å². The van der Waals surface area contributed by atoms with Gasteiger partial charge in [-0.15, -0.1) is 0 Å². The summed E-state index contributed by atoms with van der Waals surface area (Å²) in [5.74, 6) is -0.192. The van der Waals surface area contributed by atoms with E-state index in [1.807, 2.05) is 37.3 Å². The third-order valence-corrected chi connectivity index (χ3v) is 3.64. The molecule has 134 valence electrons. The number of carbonyl (C=O) groups is 2. The van der Waals surface area contributed by atoms with Crippen LogP contribution in [0.15, 0.2) is 30.3 Å². The van der Waals surface area contributed by atoms with Gasteiger partial charge in [-0.05, 0) is 32.3 Å². The number of amides is 1. The summed E-state index contributed by atoms with van der Waals surface area (Å²) in [5.41, 5.74) is 1.14. The van der Waals surface area contributed by atoms with Crippen LogP contribution in [0.3, 0.4) is 0 Å². The molecule has 0 radical (unpaired) electrons. The Kier molecular flexibility index (Phi) is 10.5. The molecule has 0 aromatic heterocycles. The molecule has 0 spiro atoms. The number of rotatable bonds is 12. The molecule has 0 N–H and O–H groups in total. The first-order valence-electron chi connectivity index (χ1n) is 8.72. The van der Waals surface area contributed by atoms with Crippen LogP contribution in [-0.4, -0.2) is 49.7 Å². The molecular weight excluding hydrogens is 306 g/mol. The quantitative estimate of drug-likeness (QED) is 0.435. The largest absolute Gasteiger partial charge is 0.466 e. The second-order valence-corrected chi connectivity index (χ2v) is 5.47. The first-order valence-corrected chi connectivity index (χ1v) is 8.72. The molecule has 0 aliphatic carbocycles. The van der Waals surface area contributed by atoms with E-state index in [1.165, 1.54) is 0 Å². The van der Waals surface area contributed by atoms with Crippen LogP contribution in [0.5, 0.6) is 0 Å². The number of benzene rings is 1. The van der Waals surface area contributed by atoms with Crippen molar-refractivity contribution in [1.29, 1.82) is 0 Å². The molecule has 0 atom stereocenters. The monoisotopic (exact) mass is 335 g/mol. The normalized spacial score (nSPS) is 10.4. The molecule has 24 heavy (non-hydrogen) atoms. The smallest absolute Gasteiger partial charge is 0.307 e. The fraction of sp³-hybridized carbons (Fsp3) is 0.579. The van der Waals surface area contributed by atoms with Gasteiger partial charge >= 0.3 is 5.97 Å². The van der Waals surface area contributed by atoms with Crippen molar-refractivity contribution in [1.82, 2.24) is 4.90 Å². The van der Waals surface area contributed by atoms with E-state index in [-0.39, 0.29) is 18.3 Å². The standard InChI is InChI=1S/C19H29NO4/c1-3-23-16-8-14-20(15-13-19(22)24-4-2)18(21)12-11-17-9-6-5-7-10-17/h5-7,9-10H,3-4,8,11-16H2,1-2H3. The van der Waals surface area contributed by atoms with Crippen LogP contribution >= 0.6 is 0 Å². The molecule has 1 rings (SSSR count). The molecule has 0 saturated heterocycles. The molecule has 1 aromatic carbocycles. The minimum atomic E-state index is -0.261. The predicted octanol–water partition coefficient (Wildman–Crippen LogP) is 2.83. The topological polar surface area (TPSA) is 55.8 Å². The molecule has 0 unspecified atom stereocenters. The highest BCUT2D eigenvalue weighted by molar-refractivity contribution is 5.77. The first-order chi connectivity index (χ1) is 11.7. The second kappa shape index (κ2) is 12.5. The van der Waals surface area contributed by atoms with Gasteiger partial charge in [-0.3, -0.25) is 9.59 Å². The minimum Gasteiger partial charge on any atom is -0.466 e. The fourth-order valence-corrected chi connectivity index (χ4v) is 2.38. The molecule has 5 heteroatoms. The van der Waals surface area contributed by atoms with E-state index >= 15 is 0 Å². The zero-order valence-electron chi connectivity index (χ0n) is 14.8. The molecule has 0 heterocycles. The summed E-state index contributed by atoms with van der Waals surface area (Å²) in [6, 6.07) is 9.95. The summed E-state index contributed by atoms with van der Waals surface area (Å²) in [7, 11) is 0. The predicted molar refractivity (Wildman–Crippen MR) is 93.7 cm³/mol. The molecule has 0 aliphatic heterocycles. The van der Waals surface area contributed by atoms with Crippen LogP contribution in [0.2, 0.25) is 0 Å². The van der Waals surface area contributed by atoms with Crippen molar-refractivity contribution in [2.75, 3.05) is 32.9 Å². The van der Waals surface area contributed by atoms with Gasteiger partial charge in [0.25, 0.3) is 0 Å². The van der Waals surface area contributed by atoms with Gasteiger partial charge in [0.1, 0.15) is 0 Å². The number of ether oxygens (including phenoxy) is 2. The maximum atomic E-state index is 12.5.